The molecular formula is C18H18BNO6. The maximum atomic E-state index is 9.56. The standard InChI is InChI=1S/C18H18BNO6/c1-12-3-6-16(24-15-7-4-13(10-20)5-8-15)9-14(12)11-23-19-25-17(21)18(22-2)26-19/h3-9,17-18,21H,11H2,1-2H3/t17?,18-/m0/s1. The summed E-state index contributed by atoms with van der Waals surface area (Å²) in [5.74, 6) is 1.27. The molecule has 1 aliphatic rings. The highest BCUT2D eigenvalue weighted by Gasteiger charge is 2.41. The fourth-order valence-corrected chi connectivity index (χ4v) is 2.40. The minimum absolute atomic E-state index is 0.213. The summed E-state index contributed by atoms with van der Waals surface area (Å²) in [5.41, 5.74) is 2.47. The van der Waals surface area contributed by atoms with Crippen molar-refractivity contribution in [2.75, 3.05) is 7.11 Å². The van der Waals surface area contributed by atoms with E-state index in [1.807, 2.05) is 25.1 Å². The molecule has 0 radical (unpaired) electrons. The smallest absolute Gasteiger partial charge is 0.457 e. The van der Waals surface area contributed by atoms with Gasteiger partial charge in [-0.15, -0.1) is 0 Å². The van der Waals surface area contributed by atoms with Crippen LogP contribution in [-0.4, -0.2) is 32.1 Å². The number of aliphatic hydroxyl groups excluding tert-OH is 1. The third-order valence-corrected chi connectivity index (χ3v) is 3.88. The van der Waals surface area contributed by atoms with Gasteiger partial charge < -0.3 is 28.5 Å². The van der Waals surface area contributed by atoms with Gasteiger partial charge in [-0.1, -0.05) is 6.07 Å². The third-order valence-electron chi connectivity index (χ3n) is 3.88. The average Bonchev–Trinajstić information content (AvgIpc) is 3.02. The fourth-order valence-electron chi connectivity index (χ4n) is 2.40. The van der Waals surface area contributed by atoms with E-state index in [0.717, 1.165) is 11.1 Å². The van der Waals surface area contributed by atoms with Crippen LogP contribution in [0, 0.1) is 18.3 Å². The normalized spacial score (nSPS) is 19.4. The lowest BCUT2D eigenvalue weighted by molar-refractivity contribution is -0.151. The zero-order chi connectivity index (χ0) is 18.5. The Kier molecular flexibility index (Phi) is 5.88. The Hall–Kier alpha value is -2.41. The molecule has 1 heterocycles. The molecule has 3 rings (SSSR count). The van der Waals surface area contributed by atoms with E-state index in [4.69, 9.17) is 28.7 Å². The highest BCUT2D eigenvalue weighted by Crippen LogP contribution is 2.25. The van der Waals surface area contributed by atoms with Crippen LogP contribution in [-0.2, 0) is 25.3 Å². The summed E-state index contributed by atoms with van der Waals surface area (Å²) >= 11 is 0. The van der Waals surface area contributed by atoms with Crippen molar-refractivity contribution in [3.05, 3.63) is 59.2 Å². The summed E-state index contributed by atoms with van der Waals surface area (Å²) in [7, 11) is 0.408. The molecule has 0 aromatic heterocycles. The molecule has 0 amide bonds. The zero-order valence-electron chi connectivity index (χ0n) is 14.4. The van der Waals surface area contributed by atoms with Gasteiger partial charge in [-0.2, -0.15) is 5.26 Å². The molecule has 2 aromatic rings. The molecule has 1 unspecified atom stereocenters. The van der Waals surface area contributed by atoms with Gasteiger partial charge in [-0.25, -0.2) is 0 Å². The lowest BCUT2D eigenvalue weighted by Gasteiger charge is -2.12. The number of benzene rings is 2. The zero-order valence-corrected chi connectivity index (χ0v) is 14.4. The Morgan fingerprint density at radius 3 is 2.54 bits per heavy atom. The summed E-state index contributed by atoms with van der Waals surface area (Å²) < 4.78 is 26.6. The van der Waals surface area contributed by atoms with E-state index in [9.17, 15) is 5.11 Å². The summed E-state index contributed by atoms with van der Waals surface area (Å²) in [6.07, 6.45) is -2.05. The van der Waals surface area contributed by atoms with Crippen molar-refractivity contribution in [3.8, 4) is 17.6 Å². The number of aryl methyl sites for hydroxylation is 1. The second-order valence-electron chi connectivity index (χ2n) is 5.69. The average molecular weight is 355 g/mol. The van der Waals surface area contributed by atoms with Crippen molar-refractivity contribution in [2.24, 2.45) is 0 Å². The van der Waals surface area contributed by atoms with Crippen LogP contribution in [0.3, 0.4) is 0 Å². The van der Waals surface area contributed by atoms with E-state index in [0.29, 0.717) is 17.1 Å². The lowest BCUT2D eigenvalue weighted by Crippen LogP contribution is -2.23. The van der Waals surface area contributed by atoms with Gasteiger partial charge in [0.05, 0.1) is 18.2 Å². The molecule has 0 bridgehead atoms. The lowest BCUT2D eigenvalue weighted by atomic mass is 10.1. The van der Waals surface area contributed by atoms with Gasteiger partial charge in [0.25, 0.3) is 0 Å². The van der Waals surface area contributed by atoms with Crippen LogP contribution in [0.1, 0.15) is 16.7 Å². The number of methoxy groups -OCH3 is 1. The molecular weight excluding hydrogens is 337 g/mol. The maximum Gasteiger partial charge on any atom is 0.643 e. The number of hydrogen-bond acceptors (Lipinski definition) is 7. The van der Waals surface area contributed by atoms with Crippen LogP contribution in [0.2, 0.25) is 0 Å². The summed E-state index contributed by atoms with van der Waals surface area (Å²) in [4.78, 5) is 0. The van der Waals surface area contributed by atoms with E-state index in [1.165, 1.54) is 7.11 Å². The first kappa shape index (κ1) is 18.4. The van der Waals surface area contributed by atoms with Crippen molar-refractivity contribution >= 4 is 7.32 Å². The molecule has 1 saturated heterocycles. The molecule has 0 aliphatic carbocycles. The molecule has 8 heteroatoms. The highest BCUT2D eigenvalue weighted by atomic mass is 16.9. The minimum Gasteiger partial charge on any atom is -0.457 e. The molecule has 0 spiro atoms. The van der Waals surface area contributed by atoms with E-state index in [1.54, 1.807) is 24.3 Å². The molecule has 2 atom stereocenters. The van der Waals surface area contributed by atoms with E-state index in [-0.39, 0.29) is 6.61 Å². The van der Waals surface area contributed by atoms with Gasteiger partial charge in [0.1, 0.15) is 11.5 Å². The Labute approximate surface area is 151 Å². The minimum atomic E-state index is -1.18. The van der Waals surface area contributed by atoms with Gasteiger partial charge in [-0.3, -0.25) is 0 Å². The fraction of sp³-hybridized carbons (Fsp3) is 0.278. The molecule has 1 N–H and O–H groups in total. The van der Waals surface area contributed by atoms with Crippen LogP contribution in [0.4, 0.5) is 0 Å². The molecule has 7 nitrogen and oxygen atoms in total. The number of nitriles is 1. The van der Waals surface area contributed by atoms with Crippen molar-refractivity contribution in [3.63, 3.8) is 0 Å². The number of rotatable bonds is 6. The third kappa shape index (κ3) is 4.41. The quantitative estimate of drug-likeness (QED) is 0.796. The van der Waals surface area contributed by atoms with Gasteiger partial charge in [0.2, 0.25) is 0 Å². The predicted octanol–water partition coefficient (Wildman–Crippen LogP) is 2.50. The van der Waals surface area contributed by atoms with Gasteiger partial charge >= 0.3 is 7.32 Å². The van der Waals surface area contributed by atoms with Gasteiger partial charge in [-0.05, 0) is 54.4 Å². The van der Waals surface area contributed by atoms with Crippen molar-refractivity contribution in [1.82, 2.24) is 0 Å². The molecule has 2 aromatic carbocycles. The van der Waals surface area contributed by atoms with Crippen LogP contribution in [0.15, 0.2) is 42.5 Å². The van der Waals surface area contributed by atoms with E-state index >= 15 is 0 Å². The SMILES string of the molecule is CO[C@H]1OB(OCc2cc(Oc3ccc(C#N)cc3)ccc2C)OC1O. The molecule has 1 fully saturated rings. The Morgan fingerprint density at radius 2 is 1.88 bits per heavy atom. The van der Waals surface area contributed by atoms with Crippen LogP contribution in [0.25, 0.3) is 0 Å². The Morgan fingerprint density at radius 1 is 1.15 bits per heavy atom. The molecule has 134 valence electrons. The largest absolute Gasteiger partial charge is 0.643 e. The molecule has 0 saturated carbocycles. The van der Waals surface area contributed by atoms with Crippen LogP contribution < -0.4 is 4.74 Å². The number of ether oxygens (including phenoxy) is 2. The summed E-state index contributed by atoms with van der Waals surface area (Å²) in [6, 6.07) is 14.6. The second kappa shape index (κ2) is 8.32. The monoisotopic (exact) mass is 355 g/mol. The first-order valence-electron chi connectivity index (χ1n) is 8.00. The van der Waals surface area contributed by atoms with E-state index in [2.05, 4.69) is 6.07 Å². The number of aliphatic hydroxyl groups is 1. The topological polar surface area (TPSA) is 90.2 Å². The van der Waals surface area contributed by atoms with Crippen molar-refractivity contribution in [1.29, 1.82) is 5.26 Å². The van der Waals surface area contributed by atoms with Gasteiger partial charge in [0.15, 0.2) is 12.6 Å². The second-order valence-corrected chi connectivity index (χ2v) is 5.69. The van der Waals surface area contributed by atoms with Crippen molar-refractivity contribution < 1.29 is 28.5 Å². The van der Waals surface area contributed by atoms with Crippen LogP contribution >= 0.6 is 0 Å². The van der Waals surface area contributed by atoms with Gasteiger partial charge in [0, 0.05) is 7.11 Å². The van der Waals surface area contributed by atoms with Crippen molar-refractivity contribution in [2.45, 2.75) is 26.1 Å². The first-order valence-corrected chi connectivity index (χ1v) is 8.00. The van der Waals surface area contributed by atoms with E-state index < -0.39 is 19.9 Å². The number of hydrogen-bond donors (Lipinski definition) is 1. The Balaban J connectivity index is 1.63. The summed E-state index contributed by atoms with van der Waals surface area (Å²) in [5, 5.41) is 18.4. The van der Waals surface area contributed by atoms with Crippen LogP contribution in [0.5, 0.6) is 11.5 Å². The predicted molar refractivity (Wildman–Crippen MR) is 91.9 cm³/mol. The number of nitrogens with zero attached hydrogens (tertiary/aromatic N) is 1. The maximum absolute atomic E-state index is 9.56. The Bertz CT molecular complexity index is 791. The summed E-state index contributed by atoms with van der Waals surface area (Å²) in [6.45, 7) is 2.16. The molecule has 1 aliphatic heterocycles. The highest BCUT2D eigenvalue weighted by molar-refractivity contribution is 6.37. The molecule has 26 heavy (non-hydrogen) atoms. The first-order chi connectivity index (χ1) is 12.6.